The summed E-state index contributed by atoms with van der Waals surface area (Å²) in [5, 5.41) is 5.92. The fourth-order valence-electron chi connectivity index (χ4n) is 3.74. The van der Waals surface area contributed by atoms with Crippen LogP contribution in [0.1, 0.15) is 41.6 Å². The van der Waals surface area contributed by atoms with E-state index in [9.17, 15) is 9.59 Å². The number of amides is 2. The molecule has 1 saturated heterocycles. The molecular formula is C24H29N3O3. The summed E-state index contributed by atoms with van der Waals surface area (Å²) in [6, 6.07) is 17.6. The molecule has 1 atom stereocenters. The molecule has 2 aliphatic rings. The van der Waals surface area contributed by atoms with Gasteiger partial charge in [-0.25, -0.2) is 0 Å². The van der Waals surface area contributed by atoms with Crippen LogP contribution in [0.3, 0.4) is 0 Å². The Kier molecular flexibility index (Phi) is 6.77. The molecule has 0 bridgehead atoms. The van der Waals surface area contributed by atoms with Crippen LogP contribution in [-0.2, 0) is 16.1 Å². The summed E-state index contributed by atoms with van der Waals surface area (Å²) in [5.41, 5.74) is 2.38. The lowest BCUT2D eigenvalue weighted by molar-refractivity contribution is -0.117. The van der Waals surface area contributed by atoms with Crippen molar-refractivity contribution in [1.29, 1.82) is 0 Å². The third-order valence-corrected chi connectivity index (χ3v) is 5.42. The lowest BCUT2D eigenvalue weighted by Gasteiger charge is -2.25. The Bertz CT molecular complexity index is 861. The summed E-state index contributed by atoms with van der Waals surface area (Å²) in [5.74, 6) is -0.179. The van der Waals surface area contributed by atoms with Crippen molar-refractivity contribution >= 4 is 17.5 Å². The summed E-state index contributed by atoms with van der Waals surface area (Å²) in [4.78, 5) is 27.2. The molecule has 6 heteroatoms. The Morgan fingerprint density at radius 2 is 1.87 bits per heavy atom. The predicted molar refractivity (Wildman–Crippen MR) is 116 cm³/mol. The Labute approximate surface area is 177 Å². The van der Waals surface area contributed by atoms with Crippen LogP contribution in [0.5, 0.6) is 0 Å². The first-order valence-electron chi connectivity index (χ1n) is 10.7. The largest absolute Gasteiger partial charge is 0.377 e. The van der Waals surface area contributed by atoms with Crippen molar-refractivity contribution in [2.75, 3.05) is 25.0 Å². The van der Waals surface area contributed by atoms with E-state index in [0.29, 0.717) is 23.8 Å². The fourth-order valence-corrected chi connectivity index (χ4v) is 3.74. The minimum atomic E-state index is -0.0938. The highest BCUT2D eigenvalue weighted by Gasteiger charge is 2.24. The van der Waals surface area contributed by atoms with E-state index in [0.717, 1.165) is 38.8 Å². The van der Waals surface area contributed by atoms with Crippen molar-refractivity contribution in [3.63, 3.8) is 0 Å². The Hall–Kier alpha value is -2.70. The second kappa shape index (κ2) is 9.87. The maximum Gasteiger partial charge on any atom is 0.251 e. The third kappa shape index (κ3) is 6.15. The van der Waals surface area contributed by atoms with Crippen LogP contribution < -0.4 is 10.6 Å². The summed E-state index contributed by atoms with van der Waals surface area (Å²) in [7, 11) is 0. The van der Waals surface area contributed by atoms with Gasteiger partial charge in [-0.15, -0.1) is 0 Å². The minimum absolute atomic E-state index is 0.0855. The molecule has 2 fully saturated rings. The maximum atomic E-state index is 12.8. The van der Waals surface area contributed by atoms with E-state index in [1.807, 2.05) is 24.3 Å². The lowest BCUT2D eigenvalue weighted by atomic mass is 10.1. The monoisotopic (exact) mass is 407 g/mol. The van der Waals surface area contributed by atoms with Gasteiger partial charge in [-0.2, -0.15) is 0 Å². The maximum absolute atomic E-state index is 12.8. The van der Waals surface area contributed by atoms with Crippen LogP contribution >= 0.6 is 0 Å². The van der Waals surface area contributed by atoms with E-state index in [-0.39, 0.29) is 24.5 Å². The molecule has 2 aromatic carbocycles. The third-order valence-electron chi connectivity index (χ3n) is 5.42. The van der Waals surface area contributed by atoms with Crippen LogP contribution in [0.25, 0.3) is 0 Å². The summed E-state index contributed by atoms with van der Waals surface area (Å²) < 4.78 is 5.78. The molecule has 1 saturated carbocycles. The molecule has 6 nitrogen and oxygen atoms in total. The minimum Gasteiger partial charge on any atom is -0.377 e. The highest BCUT2D eigenvalue weighted by Crippen LogP contribution is 2.20. The number of carbonyl (C=O) groups excluding carboxylic acids is 2. The Morgan fingerprint density at radius 3 is 2.60 bits per heavy atom. The van der Waals surface area contributed by atoms with Crippen LogP contribution in [0.15, 0.2) is 54.6 Å². The molecule has 0 spiro atoms. The molecule has 2 amide bonds. The quantitative estimate of drug-likeness (QED) is 0.670. The number of nitrogens with zero attached hydrogens (tertiary/aromatic N) is 1. The Balaban J connectivity index is 1.37. The second-order valence-electron chi connectivity index (χ2n) is 8.17. The highest BCUT2D eigenvalue weighted by atomic mass is 16.5. The van der Waals surface area contributed by atoms with E-state index < -0.39 is 0 Å². The zero-order valence-corrected chi connectivity index (χ0v) is 17.2. The van der Waals surface area contributed by atoms with Crippen LogP contribution in [0, 0.1) is 0 Å². The Morgan fingerprint density at radius 1 is 1.03 bits per heavy atom. The van der Waals surface area contributed by atoms with E-state index in [1.165, 1.54) is 5.56 Å². The first-order chi connectivity index (χ1) is 14.7. The van der Waals surface area contributed by atoms with Gasteiger partial charge in [0.15, 0.2) is 0 Å². The number of rotatable bonds is 9. The molecule has 0 aromatic heterocycles. The van der Waals surface area contributed by atoms with Crippen LogP contribution in [0.2, 0.25) is 0 Å². The standard InChI is InChI=1S/C24H29N3O3/c28-23(25-21-9-4-8-19(14-21)24(29)26-20-11-12-20)17-27(16-22-10-5-13-30-22)15-18-6-2-1-3-7-18/h1-4,6-9,14,20,22H,5,10-13,15-17H2,(H,25,28)(H,26,29). The van der Waals surface area contributed by atoms with E-state index in [1.54, 1.807) is 18.2 Å². The molecular weight excluding hydrogens is 378 g/mol. The number of hydrogen-bond acceptors (Lipinski definition) is 4. The second-order valence-corrected chi connectivity index (χ2v) is 8.17. The number of nitrogens with one attached hydrogen (secondary N) is 2. The lowest BCUT2D eigenvalue weighted by Crippen LogP contribution is -2.38. The first kappa shape index (κ1) is 20.6. The van der Waals surface area contributed by atoms with Gasteiger partial charge in [-0.05, 0) is 49.4 Å². The molecule has 1 aliphatic heterocycles. The number of hydrogen-bond donors (Lipinski definition) is 2. The van der Waals surface area contributed by atoms with Crippen molar-refractivity contribution in [3.8, 4) is 0 Å². The zero-order valence-electron chi connectivity index (χ0n) is 17.2. The van der Waals surface area contributed by atoms with E-state index in [2.05, 4.69) is 27.7 Å². The number of ether oxygens (including phenoxy) is 1. The van der Waals surface area contributed by atoms with Crippen LogP contribution in [-0.4, -0.2) is 48.6 Å². The molecule has 4 rings (SSSR count). The molecule has 30 heavy (non-hydrogen) atoms. The van der Waals surface area contributed by atoms with Crippen molar-refractivity contribution in [2.45, 2.75) is 44.4 Å². The van der Waals surface area contributed by atoms with Crippen molar-refractivity contribution in [1.82, 2.24) is 10.2 Å². The molecule has 1 heterocycles. The van der Waals surface area contributed by atoms with Crippen molar-refractivity contribution in [2.24, 2.45) is 0 Å². The predicted octanol–water partition coefficient (Wildman–Crippen LogP) is 3.20. The van der Waals surface area contributed by atoms with Gasteiger partial charge in [-0.1, -0.05) is 36.4 Å². The van der Waals surface area contributed by atoms with Gasteiger partial charge in [-0.3, -0.25) is 14.5 Å². The normalized spacial score (nSPS) is 18.4. The van der Waals surface area contributed by atoms with Gasteiger partial charge < -0.3 is 15.4 Å². The fraction of sp³-hybridized carbons (Fsp3) is 0.417. The molecule has 158 valence electrons. The number of anilines is 1. The SMILES string of the molecule is O=C(CN(Cc1ccccc1)CC1CCCO1)Nc1cccc(C(=O)NC2CC2)c1. The molecule has 1 aliphatic carbocycles. The van der Waals surface area contributed by atoms with Gasteiger partial charge in [0.2, 0.25) is 5.91 Å². The van der Waals surface area contributed by atoms with Crippen molar-refractivity contribution < 1.29 is 14.3 Å². The average molecular weight is 408 g/mol. The average Bonchev–Trinajstić information content (AvgIpc) is 3.41. The summed E-state index contributed by atoms with van der Waals surface area (Å²) in [6.45, 7) is 2.49. The van der Waals surface area contributed by atoms with Gasteiger partial charge in [0.25, 0.3) is 5.91 Å². The number of carbonyl (C=O) groups is 2. The first-order valence-corrected chi connectivity index (χ1v) is 10.7. The van der Waals surface area contributed by atoms with E-state index in [4.69, 9.17) is 4.74 Å². The smallest absolute Gasteiger partial charge is 0.251 e. The van der Waals surface area contributed by atoms with Crippen LogP contribution in [0.4, 0.5) is 5.69 Å². The zero-order chi connectivity index (χ0) is 20.8. The summed E-state index contributed by atoms with van der Waals surface area (Å²) in [6.07, 6.45) is 4.38. The van der Waals surface area contributed by atoms with Gasteiger partial charge in [0, 0.05) is 37.0 Å². The summed E-state index contributed by atoms with van der Waals surface area (Å²) >= 11 is 0. The topological polar surface area (TPSA) is 70.7 Å². The number of benzene rings is 2. The molecule has 0 radical (unpaired) electrons. The van der Waals surface area contributed by atoms with Gasteiger partial charge in [0.05, 0.1) is 12.6 Å². The molecule has 2 aromatic rings. The van der Waals surface area contributed by atoms with Gasteiger partial charge in [0.1, 0.15) is 0 Å². The van der Waals surface area contributed by atoms with Crippen molar-refractivity contribution in [3.05, 3.63) is 65.7 Å². The highest BCUT2D eigenvalue weighted by molar-refractivity contribution is 5.97. The molecule has 2 N–H and O–H groups in total. The van der Waals surface area contributed by atoms with E-state index >= 15 is 0 Å². The molecule has 1 unspecified atom stereocenters. The van der Waals surface area contributed by atoms with Gasteiger partial charge >= 0.3 is 0 Å².